The fourth-order valence-electron chi connectivity index (χ4n) is 2.12. The van der Waals surface area contributed by atoms with E-state index >= 15 is 0 Å². The van der Waals surface area contributed by atoms with Crippen molar-refractivity contribution >= 4 is 11.7 Å². The first kappa shape index (κ1) is 13.7. The summed E-state index contributed by atoms with van der Waals surface area (Å²) in [7, 11) is 1.61. The molecule has 1 N–H and O–H groups in total. The molecular formula is C14H19NO4. The zero-order chi connectivity index (χ0) is 13.7. The van der Waals surface area contributed by atoms with Gasteiger partial charge in [-0.1, -0.05) is 6.07 Å². The molecule has 1 atom stereocenters. The van der Waals surface area contributed by atoms with Crippen LogP contribution in [0, 0.1) is 0 Å². The maximum Gasteiger partial charge on any atom is 0.334 e. The van der Waals surface area contributed by atoms with Gasteiger partial charge < -0.3 is 19.5 Å². The molecule has 1 fully saturated rings. The first-order chi connectivity index (χ1) is 9.20. The van der Waals surface area contributed by atoms with Crippen LogP contribution in [-0.2, 0) is 14.3 Å². The highest BCUT2D eigenvalue weighted by Crippen LogP contribution is 2.27. The molecular weight excluding hydrogens is 246 g/mol. The van der Waals surface area contributed by atoms with Gasteiger partial charge in [0.2, 0.25) is 0 Å². The monoisotopic (exact) mass is 265 g/mol. The van der Waals surface area contributed by atoms with E-state index < -0.39 is 5.54 Å². The summed E-state index contributed by atoms with van der Waals surface area (Å²) in [6.07, 6.45) is 0.600. The number of hydrogen-bond donors (Lipinski definition) is 1. The normalized spacial score (nSPS) is 22.0. The number of rotatable bonds is 5. The van der Waals surface area contributed by atoms with Crippen LogP contribution in [0.1, 0.15) is 13.3 Å². The van der Waals surface area contributed by atoms with Crippen LogP contribution in [0.3, 0.4) is 0 Å². The van der Waals surface area contributed by atoms with Crippen LogP contribution in [-0.4, -0.2) is 38.4 Å². The van der Waals surface area contributed by atoms with Gasteiger partial charge in [-0.25, -0.2) is 4.79 Å². The highest BCUT2D eigenvalue weighted by Gasteiger charge is 2.43. The van der Waals surface area contributed by atoms with Gasteiger partial charge in [0.1, 0.15) is 5.75 Å². The third-order valence-corrected chi connectivity index (χ3v) is 3.14. The lowest BCUT2D eigenvalue weighted by molar-refractivity contribution is -0.148. The zero-order valence-electron chi connectivity index (χ0n) is 11.3. The molecule has 1 aliphatic rings. The Hall–Kier alpha value is -1.75. The van der Waals surface area contributed by atoms with Crippen LogP contribution in [0.5, 0.6) is 5.75 Å². The summed E-state index contributed by atoms with van der Waals surface area (Å²) in [5.41, 5.74) is 0.0282. The minimum absolute atomic E-state index is 0.268. The predicted octanol–water partition coefficient (Wildman–Crippen LogP) is 1.83. The van der Waals surface area contributed by atoms with Crippen molar-refractivity contribution in [3.8, 4) is 5.75 Å². The summed E-state index contributed by atoms with van der Waals surface area (Å²) in [6.45, 7) is 3.03. The number of carbonyl (C=O) groups excluding carboxylic acids is 1. The van der Waals surface area contributed by atoms with Crippen LogP contribution in [0.25, 0.3) is 0 Å². The highest BCUT2D eigenvalue weighted by atomic mass is 16.5. The zero-order valence-corrected chi connectivity index (χ0v) is 11.3. The van der Waals surface area contributed by atoms with Crippen molar-refractivity contribution in [2.45, 2.75) is 18.9 Å². The van der Waals surface area contributed by atoms with E-state index in [0.29, 0.717) is 26.2 Å². The summed E-state index contributed by atoms with van der Waals surface area (Å²) in [6, 6.07) is 7.46. The number of ether oxygens (including phenoxy) is 3. The summed E-state index contributed by atoms with van der Waals surface area (Å²) >= 11 is 0. The van der Waals surface area contributed by atoms with Gasteiger partial charge in [-0.15, -0.1) is 0 Å². The van der Waals surface area contributed by atoms with Crippen molar-refractivity contribution < 1.29 is 19.0 Å². The van der Waals surface area contributed by atoms with E-state index in [2.05, 4.69) is 5.32 Å². The quantitative estimate of drug-likeness (QED) is 0.823. The molecule has 1 aliphatic heterocycles. The van der Waals surface area contributed by atoms with E-state index in [1.807, 2.05) is 24.3 Å². The Balaban J connectivity index is 2.18. The number of hydrogen-bond acceptors (Lipinski definition) is 5. The molecule has 0 amide bonds. The van der Waals surface area contributed by atoms with E-state index in [0.717, 1.165) is 11.4 Å². The van der Waals surface area contributed by atoms with Crippen LogP contribution in [0.4, 0.5) is 5.69 Å². The second kappa shape index (κ2) is 5.93. The number of benzene rings is 1. The summed E-state index contributed by atoms with van der Waals surface area (Å²) in [4.78, 5) is 12.1. The van der Waals surface area contributed by atoms with Gasteiger partial charge in [0, 0.05) is 24.8 Å². The van der Waals surface area contributed by atoms with E-state index in [1.165, 1.54) is 0 Å². The van der Waals surface area contributed by atoms with E-state index in [4.69, 9.17) is 14.2 Å². The van der Waals surface area contributed by atoms with Crippen molar-refractivity contribution in [2.75, 3.05) is 32.2 Å². The smallest absolute Gasteiger partial charge is 0.334 e. The number of nitrogens with one attached hydrogen (secondary N) is 1. The van der Waals surface area contributed by atoms with Crippen LogP contribution in [0.15, 0.2) is 24.3 Å². The molecule has 5 nitrogen and oxygen atoms in total. The van der Waals surface area contributed by atoms with Gasteiger partial charge in [0.25, 0.3) is 0 Å². The number of anilines is 1. The number of carbonyl (C=O) groups is 1. The van der Waals surface area contributed by atoms with Gasteiger partial charge in [-0.3, -0.25) is 0 Å². The molecule has 104 valence electrons. The Bertz CT molecular complexity index is 441. The van der Waals surface area contributed by atoms with Crippen molar-refractivity contribution in [3.05, 3.63) is 24.3 Å². The van der Waals surface area contributed by atoms with Gasteiger partial charge >= 0.3 is 5.97 Å². The lowest BCUT2D eigenvalue weighted by Gasteiger charge is -2.27. The third kappa shape index (κ3) is 2.98. The minimum Gasteiger partial charge on any atom is -0.497 e. The largest absolute Gasteiger partial charge is 0.497 e. The first-order valence-corrected chi connectivity index (χ1v) is 6.37. The van der Waals surface area contributed by atoms with Crippen LogP contribution < -0.4 is 10.1 Å². The Morgan fingerprint density at radius 3 is 3.00 bits per heavy atom. The van der Waals surface area contributed by atoms with E-state index in [-0.39, 0.29) is 5.97 Å². The molecule has 2 rings (SSSR count). The lowest BCUT2D eigenvalue weighted by Crippen LogP contribution is -2.48. The Morgan fingerprint density at radius 2 is 2.37 bits per heavy atom. The van der Waals surface area contributed by atoms with Crippen molar-refractivity contribution in [2.24, 2.45) is 0 Å². The van der Waals surface area contributed by atoms with Crippen molar-refractivity contribution in [3.63, 3.8) is 0 Å². The van der Waals surface area contributed by atoms with E-state index in [1.54, 1.807) is 14.0 Å². The Morgan fingerprint density at radius 1 is 1.53 bits per heavy atom. The second-order valence-electron chi connectivity index (χ2n) is 4.46. The minimum atomic E-state index is -0.789. The number of methoxy groups -OCH3 is 1. The topological polar surface area (TPSA) is 56.8 Å². The maximum absolute atomic E-state index is 12.1. The summed E-state index contributed by atoms with van der Waals surface area (Å²) < 4.78 is 15.7. The molecule has 0 aliphatic carbocycles. The average Bonchev–Trinajstić information content (AvgIpc) is 2.89. The fourth-order valence-corrected chi connectivity index (χ4v) is 2.12. The molecule has 5 heteroatoms. The molecule has 0 saturated carbocycles. The maximum atomic E-state index is 12.1. The predicted molar refractivity (Wildman–Crippen MR) is 71.4 cm³/mol. The molecule has 0 bridgehead atoms. The van der Waals surface area contributed by atoms with Crippen LogP contribution in [0.2, 0.25) is 0 Å². The SMILES string of the molecule is CCOC(=O)C1(Nc2cccc(OC)c2)CCOC1. The van der Waals surface area contributed by atoms with Crippen molar-refractivity contribution in [1.29, 1.82) is 0 Å². The fraction of sp³-hybridized carbons (Fsp3) is 0.500. The average molecular weight is 265 g/mol. The summed E-state index contributed by atoms with van der Waals surface area (Å²) in [5, 5.41) is 3.23. The molecule has 1 aromatic carbocycles. The molecule has 0 spiro atoms. The van der Waals surface area contributed by atoms with Gasteiger partial charge in [0.05, 0.1) is 20.3 Å². The standard InChI is InChI=1S/C14H19NO4/c1-3-19-13(16)14(7-8-18-10-14)15-11-5-4-6-12(9-11)17-2/h4-6,9,15H,3,7-8,10H2,1-2H3. The molecule has 19 heavy (non-hydrogen) atoms. The molecule has 1 saturated heterocycles. The molecule has 1 unspecified atom stereocenters. The summed E-state index contributed by atoms with van der Waals surface area (Å²) in [5.74, 6) is 0.471. The molecule has 0 aromatic heterocycles. The first-order valence-electron chi connectivity index (χ1n) is 6.37. The third-order valence-electron chi connectivity index (χ3n) is 3.14. The Labute approximate surface area is 112 Å². The second-order valence-corrected chi connectivity index (χ2v) is 4.46. The van der Waals surface area contributed by atoms with Gasteiger partial charge in [-0.05, 0) is 19.1 Å². The highest BCUT2D eigenvalue weighted by molar-refractivity contribution is 5.85. The number of esters is 1. The van der Waals surface area contributed by atoms with Gasteiger partial charge in [-0.2, -0.15) is 0 Å². The van der Waals surface area contributed by atoms with Gasteiger partial charge in [0.15, 0.2) is 5.54 Å². The molecule has 0 radical (unpaired) electrons. The van der Waals surface area contributed by atoms with Crippen molar-refractivity contribution in [1.82, 2.24) is 0 Å². The molecule has 1 aromatic rings. The lowest BCUT2D eigenvalue weighted by atomic mass is 9.98. The van der Waals surface area contributed by atoms with Crippen LogP contribution >= 0.6 is 0 Å². The molecule has 1 heterocycles. The van der Waals surface area contributed by atoms with E-state index in [9.17, 15) is 4.79 Å². The Kier molecular flexibility index (Phi) is 4.27.